The molecule has 118 valence electrons. The molecule has 0 fully saturated rings. The van der Waals surface area contributed by atoms with E-state index in [1.165, 1.54) is 12.1 Å². The van der Waals surface area contributed by atoms with E-state index in [2.05, 4.69) is 5.32 Å². The van der Waals surface area contributed by atoms with Gasteiger partial charge >= 0.3 is 0 Å². The SMILES string of the molecule is COCCC(C)(C)C(=O)NCCCc1ccc(F)cc1F. The molecule has 1 rings (SSSR count). The Kier molecular flexibility index (Phi) is 6.75. The Hall–Kier alpha value is -1.49. The lowest BCUT2D eigenvalue weighted by atomic mass is 9.88. The van der Waals surface area contributed by atoms with Crippen molar-refractivity contribution in [1.29, 1.82) is 0 Å². The van der Waals surface area contributed by atoms with Gasteiger partial charge in [-0.15, -0.1) is 0 Å². The molecule has 0 aliphatic heterocycles. The molecule has 1 aromatic rings. The number of benzene rings is 1. The molecule has 0 heterocycles. The molecule has 1 amide bonds. The van der Waals surface area contributed by atoms with Crippen molar-refractivity contribution in [2.45, 2.75) is 33.1 Å². The Labute approximate surface area is 124 Å². The molecule has 5 heteroatoms. The van der Waals surface area contributed by atoms with Crippen molar-refractivity contribution in [3.05, 3.63) is 35.4 Å². The first-order chi connectivity index (χ1) is 9.86. The highest BCUT2D eigenvalue weighted by molar-refractivity contribution is 5.81. The number of carbonyl (C=O) groups is 1. The first-order valence-electron chi connectivity index (χ1n) is 7.08. The van der Waals surface area contributed by atoms with Crippen LogP contribution in [0.25, 0.3) is 0 Å². The van der Waals surface area contributed by atoms with Crippen LogP contribution < -0.4 is 5.32 Å². The number of ether oxygens (including phenoxy) is 1. The molecular weight excluding hydrogens is 276 g/mol. The number of halogens is 2. The van der Waals surface area contributed by atoms with Crippen LogP contribution in [0.5, 0.6) is 0 Å². The Morgan fingerprint density at radius 1 is 1.33 bits per heavy atom. The van der Waals surface area contributed by atoms with Crippen LogP contribution in [0.15, 0.2) is 18.2 Å². The lowest BCUT2D eigenvalue weighted by Crippen LogP contribution is -2.38. The molecule has 0 aliphatic rings. The fourth-order valence-corrected chi connectivity index (χ4v) is 1.92. The van der Waals surface area contributed by atoms with Crippen LogP contribution in [0.3, 0.4) is 0 Å². The zero-order valence-corrected chi connectivity index (χ0v) is 12.8. The minimum absolute atomic E-state index is 0.0425. The van der Waals surface area contributed by atoms with Crippen LogP contribution in [-0.2, 0) is 16.0 Å². The minimum Gasteiger partial charge on any atom is -0.385 e. The van der Waals surface area contributed by atoms with Gasteiger partial charge in [-0.25, -0.2) is 8.78 Å². The summed E-state index contributed by atoms with van der Waals surface area (Å²) in [7, 11) is 1.60. The molecule has 0 atom stereocenters. The van der Waals surface area contributed by atoms with E-state index in [9.17, 15) is 13.6 Å². The number of hydrogen-bond donors (Lipinski definition) is 1. The zero-order valence-electron chi connectivity index (χ0n) is 12.8. The molecule has 0 aromatic heterocycles. The van der Waals surface area contributed by atoms with Gasteiger partial charge in [0.05, 0.1) is 0 Å². The third-order valence-corrected chi connectivity index (χ3v) is 3.47. The molecule has 0 spiro atoms. The standard InChI is InChI=1S/C16H23F2NO2/c1-16(2,8-10-21-3)15(20)19-9-4-5-12-6-7-13(17)11-14(12)18/h6-7,11H,4-5,8-10H2,1-3H3,(H,19,20). The van der Waals surface area contributed by atoms with E-state index in [-0.39, 0.29) is 5.91 Å². The number of aryl methyl sites for hydroxylation is 1. The second-order valence-corrected chi connectivity index (χ2v) is 5.72. The van der Waals surface area contributed by atoms with Crippen molar-refractivity contribution in [2.75, 3.05) is 20.3 Å². The molecule has 0 bridgehead atoms. The number of amides is 1. The molecule has 1 N–H and O–H groups in total. The van der Waals surface area contributed by atoms with Crippen LogP contribution in [0.2, 0.25) is 0 Å². The first-order valence-corrected chi connectivity index (χ1v) is 7.08. The maximum atomic E-state index is 13.4. The molecule has 1 aromatic carbocycles. The monoisotopic (exact) mass is 299 g/mol. The van der Waals surface area contributed by atoms with Crippen LogP contribution in [-0.4, -0.2) is 26.2 Å². The smallest absolute Gasteiger partial charge is 0.225 e. The van der Waals surface area contributed by atoms with Crippen LogP contribution in [0, 0.1) is 17.0 Å². The van der Waals surface area contributed by atoms with E-state index >= 15 is 0 Å². The number of methoxy groups -OCH3 is 1. The average molecular weight is 299 g/mol. The van der Waals surface area contributed by atoms with Crippen LogP contribution >= 0.6 is 0 Å². The lowest BCUT2D eigenvalue weighted by molar-refractivity contribution is -0.130. The summed E-state index contributed by atoms with van der Waals surface area (Å²) in [4.78, 5) is 12.0. The molecule has 0 saturated heterocycles. The number of rotatable bonds is 8. The van der Waals surface area contributed by atoms with E-state index in [1.807, 2.05) is 13.8 Å². The Bertz CT molecular complexity index is 475. The van der Waals surface area contributed by atoms with Crippen molar-refractivity contribution in [3.63, 3.8) is 0 Å². The largest absolute Gasteiger partial charge is 0.385 e. The molecular formula is C16H23F2NO2. The number of hydrogen-bond acceptors (Lipinski definition) is 2. The molecule has 0 saturated carbocycles. The third kappa shape index (κ3) is 5.79. The van der Waals surface area contributed by atoms with Crippen molar-refractivity contribution >= 4 is 5.91 Å². The Balaban J connectivity index is 2.35. The quantitative estimate of drug-likeness (QED) is 0.749. The van der Waals surface area contributed by atoms with Gasteiger partial charge in [0, 0.05) is 31.7 Å². The van der Waals surface area contributed by atoms with Gasteiger partial charge in [-0.05, 0) is 30.9 Å². The minimum atomic E-state index is -0.579. The summed E-state index contributed by atoms with van der Waals surface area (Å²) < 4.78 is 31.2. The van der Waals surface area contributed by atoms with Crippen LogP contribution in [0.1, 0.15) is 32.3 Å². The predicted octanol–water partition coefficient (Wildman–Crippen LogP) is 3.08. The van der Waals surface area contributed by atoms with Crippen molar-refractivity contribution in [3.8, 4) is 0 Å². The number of carbonyl (C=O) groups excluding carboxylic acids is 1. The summed E-state index contributed by atoms with van der Waals surface area (Å²) in [6.07, 6.45) is 1.71. The van der Waals surface area contributed by atoms with Crippen molar-refractivity contribution < 1.29 is 18.3 Å². The van der Waals surface area contributed by atoms with E-state index in [0.717, 1.165) is 6.07 Å². The molecule has 0 radical (unpaired) electrons. The van der Waals surface area contributed by atoms with Gasteiger partial charge in [0.1, 0.15) is 11.6 Å². The summed E-state index contributed by atoms with van der Waals surface area (Å²) in [5, 5.41) is 2.84. The van der Waals surface area contributed by atoms with Gasteiger partial charge < -0.3 is 10.1 Å². The van der Waals surface area contributed by atoms with E-state index in [0.29, 0.717) is 38.0 Å². The Morgan fingerprint density at radius 3 is 2.67 bits per heavy atom. The maximum absolute atomic E-state index is 13.4. The van der Waals surface area contributed by atoms with Gasteiger partial charge in [0.15, 0.2) is 0 Å². The fraction of sp³-hybridized carbons (Fsp3) is 0.562. The second kappa shape index (κ2) is 8.08. The highest BCUT2D eigenvalue weighted by Gasteiger charge is 2.26. The molecule has 0 aliphatic carbocycles. The summed E-state index contributed by atoms with van der Waals surface area (Å²) in [5.74, 6) is -1.16. The first kappa shape index (κ1) is 17.6. The van der Waals surface area contributed by atoms with Gasteiger partial charge in [0.2, 0.25) is 5.91 Å². The topological polar surface area (TPSA) is 38.3 Å². The van der Waals surface area contributed by atoms with E-state index in [1.54, 1.807) is 7.11 Å². The normalized spacial score (nSPS) is 11.5. The van der Waals surface area contributed by atoms with Gasteiger partial charge in [0.25, 0.3) is 0 Å². The Morgan fingerprint density at radius 2 is 2.05 bits per heavy atom. The number of nitrogens with one attached hydrogen (secondary N) is 1. The summed E-state index contributed by atoms with van der Waals surface area (Å²) in [5.41, 5.74) is -0.0266. The van der Waals surface area contributed by atoms with Gasteiger partial charge in [-0.1, -0.05) is 19.9 Å². The molecule has 0 unspecified atom stereocenters. The van der Waals surface area contributed by atoms with Gasteiger partial charge in [-0.3, -0.25) is 4.79 Å². The van der Waals surface area contributed by atoms with Crippen molar-refractivity contribution in [2.24, 2.45) is 5.41 Å². The van der Waals surface area contributed by atoms with Crippen molar-refractivity contribution in [1.82, 2.24) is 5.32 Å². The summed E-state index contributed by atoms with van der Waals surface area (Å²) in [6.45, 7) is 4.72. The average Bonchev–Trinajstić information content (AvgIpc) is 2.43. The highest BCUT2D eigenvalue weighted by atomic mass is 19.1. The fourth-order valence-electron chi connectivity index (χ4n) is 1.92. The van der Waals surface area contributed by atoms with Crippen LogP contribution in [0.4, 0.5) is 8.78 Å². The highest BCUT2D eigenvalue weighted by Crippen LogP contribution is 2.20. The second-order valence-electron chi connectivity index (χ2n) is 5.72. The maximum Gasteiger partial charge on any atom is 0.225 e. The summed E-state index contributed by atoms with van der Waals surface area (Å²) >= 11 is 0. The predicted molar refractivity (Wildman–Crippen MR) is 78.0 cm³/mol. The van der Waals surface area contributed by atoms with E-state index in [4.69, 9.17) is 4.74 Å². The van der Waals surface area contributed by atoms with Gasteiger partial charge in [-0.2, -0.15) is 0 Å². The summed E-state index contributed by atoms with van der Waals surface area (Å²) in [6, 6.07) is 3.56. The zero-order chi connectivity index (χ0) is 15.9. The molecule has 21 heavy (non-hydrogen) atoms. The molecule has 3 nitrogen and oxygen atoms in total. The van der Waals surface area contributed by atoms with E-state index < -0.39 is 17.0 Å². The lowest BCUT2D eigenvalue weighted by Gasteiger charge is -2.23. The third-order valence-electron chi connectivity index (χ3n) is 3.47.